The van der Waals surface area contributed by atoms with Crippen LogP contribution in [0.15, 0.2) is 29.2 Å². The second-order valence-electron chi connectivity index (χ2n) is 5.29. The SMILES string of the molecule is CC(C)(C)Sc1ccccc1[C@H](N)CCCN.Cl. The second-order valence-corrected chi connectivity index (χ2v) is 7.16. The van der Waals surface area contributed by atoms with Crippen molar-refractivity contribution in [3.63, 3.8) is 0 Å². The normalized spacial score (nSPS) is 12.9. The van der Waals surface area contributed by atoms with Gasteiger partial charge in [-0.25, -0.2) is 0 Å². The largest absolute Gasteiger partial charge is 0.330 e. The van der Waals surface area contributed by atoms with Gasteiger partial charge in [0.05, 0.1) is 0 Å². The third kappa shape index (κ3) is 6.10. The van der Waals surface area contributed by atoms with E-state index in [1.807, 2.05) is 11.8 Å². The zero-order valence-corrected chi connectivity index (χ0v) is 13.1. The summed E-state index contributed by atoms with van der Waals surface area (Å²) in [7, 11) is 0. The molecule has 4 N–H and O–H groups in total. The summed E-state index contributed by atoms with van der Waals surface area (Å²) in [5.74, 6) is 0. The Labute approximate surface area is 121 Å². The maximum atomic E-state index is 6.23. The van der Waals surface area contributed by atoms with Crippen LogP contribution in [0.2, 0.25) is 0 Å². The van der Waals surface area contributed by atoms with Gasteiger partial charge in [-0.3, -0.25) is 0 Å². The molecule has 0 aromatic heterocycles. The standard InChI is InChI=1S/C14H24N2S.ClH/c1-14(2,3)17-13-9-5-4-7-11(13)12(16)8-6-10-15;/h4-5,7,9,12H,6,8,10,15-16H2,1-3H3;1H/t12-;/m1./s1. The minimum atomic E-state index is 0. The summed E-state index contributed by atoms with van der Waals surface area (Å²) in [4.78, 5) is 1.30. The van der Waals surface area contributed by atoms with Crippen molar-refractivity contribution in [3.8, 4) is 0 Å². The van der Waals surface area contributed by atoms with E-state index in [1.54, 1.807) is 0 Å². The van der Waals surface area contributed by atoms with Gasteiger partial charge < -0.3 is 11.5 Å². The van der Waals surface area contributed by atoms with Gasteiger partial charge in [-0.1, -0.05) is 39.0 Å². The van der Waals surface area contributed by atoms with Crippen molar-refractivity contribution in [3.05, 3.63) is 29.8 Å². The van der Waals surface area contributed by atoms with Crippen molar-refractivity contribution in [1.82, 2.24) is 0 Å². The zero-order chi connectivity index (χ0) is 12.9. The number of hydrogen-bond acceptors (Lipinski definition) is 3. The molecule has 1 aromatic rings. The average molecular weight is 289 g/mol. The molecule has 0 spiro atoms. The monoisotopic (exact) mass is 288 g/mol. The fourth-order valence-corrected chi connectivity index (χ4v) is 2.85. The molecule has 0 aliphatic carbocycles. The summed E-state index contributed by atoms with van der Waals surface area (Å²) in [6, 6.07) is 8.53. The van der Waals surface area contributed by atoms with E-state index in [9.17, 15) is 0 Å². The number of thioether (sulfide) groups is 1. The molecule has 0 saturated carbocycles. The quantitative estimate of drug-likeness (QED) is 0.812. The van der Waals surface area contributed by atoms with Crippen molar-refractivity contribution in [2.45, 2.75) is 49.3 Å². The maximum Gasteiger partial charge on any atom is 0.0306 e. The molecule has 0 heterocycles. The van der Waals surface area contributed by atoms with Crippen molar-refractivity contribution in [1.29, 1.82) is 0 Å². The van der Waals surface area contributed by atoms with Gasteiger partial charge in [0.25, 0.3) is 0 Å². The highest BCUT2D eigenvalue weighted by Crippen LogP contribution is 2.36. The Balaban J connectivity index is 0.00000289. The molecule has 0 bridgehead atoms. The molecular formula is C14H25ClN2S. The molecule has 18 heavy (non-hydrogen) atoms. The van der Waals surface area contributed by atoms with Crippen LogP contribution in [0.1, 0.15) is 45.2 Å². The van der Waals surface area contributed by atoms with E-state index in [4.69, 9.17) is 11.5 Å². The average Bonchev–Trinajstić information content (AvgIpc) is 2.24. The molecule has 2 nitrogen and oxygen atoms in total. The van der Waals surface area contributed by atoms with Crippen molar-refractivity contribution in [2.24, 2.45) is 11.5 Å². The van der Waals surface area contributed by atoms with Crippen LogP contribution in [-0.4, -0.2) is 11.3 Å². The van der Waals surface area contributed by atoms with Gasteiger partial charge in [0.2, 0.25) is 0 Å². The van der Waals surface area contributed by atoms with E-state index in [0.29, 0.717) is 6.54 Å². The van der Waals surface area contributed by atoms with Crippen LogP contribution in [0.25, 0.3) is 0 Å². The van der Waals surface area contributed by atoms with E-state index in [0.717, 1.165) is 12.8 Å². The summed E-state index contributed by atoms with van der Waals surface area (Å²) >= 11 is 1.88. The third-order valence-electron chi connectivity index (χ3n) is 2.45. The molecule has 1 atom stereocenters. The van der Waals surface area contributed by atoms with E-state index in [-0.39, 0.29) is 23.2 Å². The third-order valence-corrected chi connectivity index (χ3v) is 3.66. The lowest BCUT2D eigenvalue weighted by molar-refractivity contribution is 0.609. The lowest BCUT2D eigenvalue weighted by Gasteiger charge is -2.22. The first-order valence-electron chi connectivity index (χ1n) is 6.17. The number of halogens is 1. The number of benzene rings is 1. The van der Waals surface area contributed by atoms with E-state index >= 15 is 0 Å². The van der Waals surface area contributed by atoms with Crippen LogP contribution >= 0.6 is 24.2 Å². The Kier molecular flexibility index (Phi) is 7.95. The predicted octanol–water partition coefficient (Wildman–Crippen LogP) is 3.74. The van der Waals surface area contributed by atoms with Gasteiger partial charge in [-0.15, -0.1) is 24.2 Å². The molecule has 0 radical (unpaired) electrons. The molecule has 0 unspecified atom stereocenters. The second kappa shape index (κ2) is 8.05. The molecule has 0 saturated heterocycles. The van der Waals surface area contributed by atoms with Gasteiger partial charge in [-0.05, 0) is 31.0 Å². The van der Waals surface area contributed by atoms with Crippen LogP contribution in [0.4, 0.5) is 0 Å². The van der Waals surface area contributed by atoms with Crippen molar-refractivity contribution in [2.75, 3.05) is 6.54 Å². The first-order valence-corrected chi connectivity index (χ1v) is 6.99. The molecule has 1 rings (SSSR count). The van der Waals surface area contributed by atoms with E-state index in [2.05, 4.69) is 45.0 Å². The van der Waals surface area contributed by atoms with E-state index in [1.165, 1.54) is 10.5 Å². The van der Waals surface area contributed by atoms with E-state index < -0.39 is 0 Å². The van der Waals surface area contributed by atoms with Crippen molar-refractivity contribution >= 4 is 24.2 Å². The lowest BCUT2D eigenvalue weighted by atomic mass is 10.0. The molecule has 1 aromatic carbocycles. The molecule has 104 valence electrons. The van der Waals surface area contributed by atoms with Gasteiger partial charge >= 0.3 is 0 Å². The molecular weight excluding hydrogens is 264 g/mol. The minimum absolute atomic E-state index is 0. The zero-order valence-electron chi connectivity index (χ0n) is 11.5. The predicted molar refractivity (Wildman–Crippen MR) is 84.5 cm³/mol. The maximum absolute atomic E-state index is 6.23. The highest BCUT2D eigenvalue weighted by Gasteiger charge is 2.17. The highest BCUT2D eigenvalue weighted by atomic mass is 35.5. The number of nitrogens with two attached hydrogens (primary N) is 2. The topological polar surface area (TPSA) is 52.0 Å². The lowest BCUT2D eigenvalue weighted by Crippen LogP contribution is -2.15. The number of rotatable bonds is 5. The van der Waals surface area contributed by atoms with Crippen LogP contribution in [0.3, 0.4) is 0 Å². The fraction of sp³-hybridized carbons (Fsp3) is 0.571. The van der Waals surface area contributed by atoms with Crippen molar-refractivity contribution < 1.29 is 0 Å². The smallest absolute Gasteiger partial charge is 0.0306 e. The summed E-state index contributed by atoms with van der Waals surface area (Å²) in [6.07, 6.45) is 1.94. The Morgan fingerprint density at radius 2 is 1.83 bits per heavy atom. The van der Waals surface area contributed by atoms with Crippen LogP contribution in [0.5, 0.6) is 0 Å². The Bertz CT molecular complexity index is 350. The van der Waals surface area contributed by atoms with Gasteiger partial charge in [0, 0.05) is 15.7 Å². The number of hydrogen-bond donors (Lipinski definition) is 2. The first-order chi connectivity index (χ1) is 7.94. The Morgan fingerprint density at radius 3 is 2.39 bits per heavy atom. The minimum Gasteiger partial charge on any atom is -0.330 e. The molecule has 4 heteroatoms. The summed E-state index contributed by atoms with van der Waals surface area (Å²) < 4.78 is 0.212. The first kappa shape index (κ1) is 17.8. The van der Waals surface area contributed by atoms with Crippen LogP contribution in [0, 0.1) is 0 Å². The molecule has 0 aliphatic rings. The Morgan fingerprint density at radius 1 is 1.22 bits per heavy atom. The van der Waals surface area contributed by atoms with Crippen LogP contribution in [-0.2, 0) is 0 Å². The summed E-state index contributed by atoms with van der Waals surface area (Å²) in [5, 5.41) is 0. The summed E-state index contributed by atoms with van der Waals surface area (Å²) in [5.41, 5.74) is 13.0. The van der Waals surface area contributed by atoms with Crippen LogP contribution < -0.4 is 11.5 Å². The van der Waals surface area contributed by atoms with Gasteiger partial charge in [0.1, 0.15) is 0 Å². The van der Waals surface area contributed by atoms with Gasteiger partial charge in [0.15, 0.2) is 0 Å². The van der Waals surface area contributed by atoms with Gasteiger partial charge in [-0.2, -0.15) is 0 Å². The highest BCUT2D eigenvalue weighted by molar-refractivity contribution is 8.00. The fourth-order valence-electron chi connectivity index (χ4n) is 1.70. The summed E-state index contributed by atoms with van der Waals surface area (Å²) in [6.45, 7) is 7.38. The Hall–Kier alpha value is -0.220. The molecule has 0 fully saturated rings. The molecule has 0 amide bonds. The molecule has 0 aliphatic heterocycles.